The van der Waals surface area contributed by atoms with Crippen molar-refractivity contribution in [2.45, 2.75) is 18.2 Å². The molecule has 1 atom stereocenters. The molecule has 0 spiro atoms. The zero-order valence-electron chi connectivity index (χ0n) is 11.5. The van der Waals surface area contributed by atoms with Crippen LogP contribution in [0.15, 0.2) is 54.6 Å². The predicted molar refractivity (Wildman–Crippen MR) is 84.0 cm³/mol. The third-order valence-corrected chi connectivity index (χ3v) is 4.62. The van der Waals surface area contributed by atoms with Crippen molar-refractivity contribution in [3.63, 3.8) is 0 Å². The largest absolute Gasteiger partial charge is 0.381 e. The minimum atomic E-state index is 0.101. The summed E-state index contributed by atoms with van der Waals surface area (Å²) in [4.78, 5) is 0. The Hall–Kier alpha value is -1.31. The summed E-state index contributed by atoms with van der Waals surface area (Å²) in [5.41, 5.74) is 3.71. The summed E-state index contributed by atoms with van der Waals surface area (Å²) in [5, 5.41) is 0.101. The molecule has 1 aliphatic heterocycles. The number of hydrogen-bond donors (Lipinski definition) is 0. The fourth-order valence-electron chi connectivity index (χ4n) is 2.77. The van der Waals surface area contributed by atoms with Gasteiger partial charge >= 0.3 is 0 Å². The van der Waals surface area contributed by atoms with Crippen molar-refractivity contribution in [2.24, 2.45) is 5.92 Å². The van der Waals surface area contributed by atoms with Crippen LogP contribution < -0.4 is 0 Å². The second-order valence-electron chi connectivity index (χ2n) is 5.34. The summed E-state index contributed by atoms with van der Waals surface area (Å²) < 4.78 is 5.40. The van der Waals surface area contributed by atoms with Gasteiger partial charge in [-0.3, -0.25) is 0 Å². The van der Waals surface area contributed by atoms with Crippen LogP contribution in [0.25, 0.3) is 11.1 Å². The Balaban J connectivity index is 1.75. The molecule has 0 amide bonds. The molecule has 2 aromatic carbocycles. The van der Waals surface area contributed by atoms with E-state index in [-0.39, 0.29) is 5.38 Å². The lowest BCUT2D eigenvalue weighted by atomic mass is 9.91. The van der Waals surface area contributed by atoms with E-state index in [0.29, 0.717) is 5.92 Å². The van der Waals surface area contributed by atoms with Crippen molar-refractivity contribution in [3.8, 4) is 11.1 Å². The van der Waals surface area contributed by atoms with Crippen LogP contribution >= 0.6 is 11.6 Å². The molecule has 0 aliphatic carbocycles. The van der Waals surface area contributed by atoms with Crippen LogP contribution in [0.1, 0.15) is 23.8 Å². The van der Waals surface area contributed by atoms with Gasteiger partial charge in [-0.2, -0.15) is 0 Å². The molecule has 104 valence electrons. The Bertz CT molecular complexity index is 529. The minimum absolute atomic E-state index is 0.101. The molecule has 1 fully saturated rings. The molecule has 1 aliphatic rings. The van der Waals surface area contributed by atoms with E-state index < -0.39 is 0 Å². The van der Waals surface area contributed by atoms with E-state index >= 15 is 0 Å². The van der Waals surface area contributed by atoms with Crippen molar-refractivity contribution in [1.29, 1.82) is 0 Å². The number of alkyl halides is 1. The normalized spacial score (nSPS) is 17.9. The number of ether oxygens (including phenoxy) is 1. The van der Waals surface area contributed by atoms with Crippen molar-refractivity contribution < 1.29 is 4.74 Å². The van der Waals surface area contributed by atoms with E-state index in [0.717, 1.165) is 26.1 Å². The first-order valence-corrected chi connectivity index (χ1v) is 7.65. The summed E-state index contributed by atoms with van der Waals surface area (Å²) in [6.07, 6.45) is 2.13. The van der Waals surface area contributed by atoms with Gasteiger partial charge in [0.05, 0.1) is 5.38 Å². The highest BCUT2D eigenvalue weighted by Gasteiger charge is 2.23. The molecule has 1 heterocycles. The van der Waals surface area contributed by atoms with E-state index in [1.54, 1.807) is 0 Å². The Labute approximate surface area is 125 Å². The molecule has 0 saturated carbocycles. The fraction of sp³-hybridized carbons (Fsp3) is 0.333. The second-order valence-corrected chi connectivity index (χ2v) is 5.81. The van der Waals surface area contributed by atoms with Gasteiger partial charge < -0.3 is 4.74 Å². The first kappa shape index (κ1) is 13.7. The van der Waals surface area contributed by atoms with E-state index in [1.807, 2.05) is 6.07 Å². The maximum atomic E-state index is 6.63. The van der Waals surface area contributed by atoms with Gasteiger partial charge in [-0.05, 0) is 35.4 Å². The summed E-state index contributed by atoms with van der Waals surface area (Å²) in [6, 6.07) is 19.1. The van der Waals surface area contributed by atoms with Gasteiger partial charge in [0.25, 0.3) is 0 Å². The van der Waals surface area contributed by atoms with Gasteiger partial charge in [-0.15, -0.1) is 11.6 Å². The highest BCUT2D eigenvalue weighted by atomic mass is 35.5. The van der Waals surface area contributed by atoms with Crippen LogP contribution in [0, 0.1) is 5.92 Å². The zero-order chi connectivity index (χ0) is 13.8. The van der Waals surface area contributed by atoms with Gasteiger partial charge in [0.2, 0.25) is 0 Å². The van der Waals surface area contributed by atoms with E-state index in [1.165, 1.54) is 16.7 Å². The molecular weight excluding hydrogens is 268 g/mol. The average molecular weight is 287 g/mol. The SMILES string of the molecule is ClC(c1ccc(-c2ccccc2)cc1)C1CCOCC1. The number of rotatable bonds is 3. The molecular formula is C18H19ClO. The van der Waals surface area contributed by atoms with Gasteiger partial charge in [0.1, 0.15) is 0 Å². The lowest BCUT2D eigenvalue weighted by molar-refractivity contribution is 0.0651. The molecule has 1 saturated heterocycles. The maximum Gasteiger partial charge on any atom is 0.0615 e. The van der Waals surface area contributed by atoms with E-state index in [9.17, 15) is 0 Å². The van der Waals surface area contributed by atoms with Gasteiger partial charge in [0.15, 0.2) is 0 Å². The molecule has 3 rings (SSSR count). The summed E-state index contributed by atoms with van der Waals surface area (Å²) >= 11 is 6.63. The van der Waals surface area contributed by atoms with Crippen LogP contribution in [-0.2, 0) is 4.74 Å². The van der Waals surface area contributed by atoms with Gasteiger partial charge in [0, 0.05) is 13.2 Å². The zero-order valence-corrected chi connectivity index (χ0v) is 12.2. The highest BCUT2D eigenvalue weighted by Crippen LogP contribution is 2.36. The molecule has 1 nitrogen and oxygen atoms in total. The van der Waals surface area contributed by atoms with E-state index in [2.05, 4.69) is 48.5 Å². The lowest BCUT2D eigenvalue weighted by Crippen LogP contribution is -2.19. The minimum Gasteiger partial charge on any atom is -0.381 e. The topological polar surface area (TPSA) is 9.23 Å². The van der Waals surface area contributed by atoms with Crippen molar-refractivity contribution in [1.82, 2.24) is 0 Å². The van der Waals surface area contributed by atoms with Crippen LogP contribution in [0.3, 0.4) is 0 Å². The molecule has 2 aromatic rings. The Morgan fingerprint density at radius 1 is 0.850 bits per heavy atom. The maximum absolute atomic E-state index is 6.63. The quantitative estimate of drug-likeness (QED) is 0.717. The molecule has 1 unspecified atom stereocenters. The van der Waals surface area contributed by atoms with Crippen molar-refractivity contribution >= 4 is 11.6 Å². The highest BCUT2D eigenvalue weighted by molar-refractivity contribution is 6.21. The van der Waals surface area contributed by atoms with Gasteiger partial charge in [-0.1, -0.05) is 54.6 Å². The summed E-state index contributed by atoms with van der Waals surface area (Å²) in [7, 11) is 0. The fourth-order valence-corrected chi connectivity index (χ4v) is 3.17. The van der Waals surface area contributed by atoms with Crippen molar-refractivity contribution in [2.75, 3.05) is 13.2 Å². The summed E-state index contributed by atoms with van der Waals surface area (Å²) in [5.74, 6) is 0.535. The van der Waals surface area contributed by atoms with Crippen LogP contribution in [0.5, 0.6) is 0 Å². The van der Waals surface area contributed by atoms with Crippen LogP contribution in [0.4, 0.5) is 0 Å². The third-order valence-electron chi connectivity index (χ3n) is 4.02. The molecule has 0 radical (unpaired) electrons. The van der Waals surface area contributed by atoms with Crippen LogP contribution in [-0.4, -0.2) is 13.2 Å². The average Bonchev–Trinajstić information content (AvgIpc) is 2.56. The Morgan fingerprint density at radius 2 is 1.45 bits per heavy atom. The second kappa shape index (κ2) is 6.43. The monoisotopic (exact) mass is 286 g/mol. The smallest absolute Gasteiger partial charge is 0.0615 e. The number of benzene rings is 2. The van der Waals surface area contributed by atoms with E-state index in [4.69, 9.17) is 16.3 Å². The van der Waals surface area contributed by atoms with Gasteiger partial charge in [-0.25, -0.2) is 0 Å². The molecule has 0 aromatic heterocycles. The molecule has 20 heavy (non-hydrogen) atoms. The first-order chi connectivity index (χ1) is 9.84. The van der Waals surface area contributed by atoms with Crippen LogP contribution in [0.2, 0.25) is 0 Å². The molecule has 0 bridgehead atoms. The Morgan fingerprint density at radius 3 is 2.10 bits per heavy atom. The number of hydrogen-bond acceptors (Lipinski definition) is 1. The Kier molecular flexibility index (Phi) is 4.39. The first-order valence-electron chi connectivity index (χ1n) is 7.22. The third kappa shape index (κ3) is 3.05. The van der Waals surface area contributed by atoms with Crippen molar-refractivity contribution in [3.05, 3.63) is 60.2 Å². The standard InChI is InChI=1S/C18H19ClO/c19-18(17-10-12-20-13-11-17)16-8-6-15(7-9-16)14-4-2-1-3-5-14/h1-9,17-18H,10-13H2. The summed E-state index contributed by atoms with van der Waals surface area (Å²) in [6.45, 7) is 1.69. The molecule has 0 N–H and O–H groups in total. The molecule has 2 heteroatoms. The predicted octanol–water partition coefficient (Wildman–Crippen LogP) is 5.06. The number of halogens is 1. The lowest BCUT2D eigenvalue weighted by Gasteiger charge is -2.26.